The highest BCUT2D eigenvalue weighted by Crippen LogP contribution is 2.79. The van der Waals surface area contributed by atoms with Crippen molar-refractivity contribution in [2.75, 3.05) is 12.8 Å². The number of carbonyl (C=O) groups is 3. The Morgan fingerprint density at radius 1 is 1.32 bits per heavy atom. The fraction of sp³-hybridized carbons (Fsp3) is 0.643. The lowest BCUT2D eigenvalue weighted by Crippen LogP contribution is -2.68. The molecule has 0 aliphatic heterocycles. The molecule has 2 spiro atoms. The van der Waals surface area contributed by atoms with Crippen LogP contribution in [0.3, 0.4) is 0 Å². The standard InChI is InChI=1S/C20H30O2.C8H9N3O4/c1-5-18(4)8-6-14-12(2)10-20-11-19(16(14)20,9-7-15(20)21)13(3)17(18)22;1-15-7-5(9)2-4(3-10-7)6(12)11-8(13)14/h5,12-14,16-17,22H,1,6-11H2,2-4H3;2-3H,9H2,1H3,(H,11,12)(H,13,14)/t12?,13-,14?,16-,17-,18+,19+,20?;/m0./s1. The largest absolute Gasteiger partial charge is 0.480 e. The van der Waals surface area contributed by atoms with Crippen LogP contribution in [0, 0.1) is 39.9 Å². The maximum atomic E-state index is 12.7. The second-order valence-electron chi connectivity index (χ2n) is 11.9. The van der Waals surface area contributed by atoms with Gasteiger partial charge in [0.2, 0.25) is 5.88 Å². The Labute approximate surface area is 217 Å². The number of aliphatic hydroxyl groups excluding tert-OH is 1. The summed E-state index contributed by atoms with van der Waals surface area (Å²) in [5.74, 6) is 2.09. The monoisotopic (exact) mass is 513 g/mol. The lowest BCUT2D eigenvalue weighted by atomic mass is 9.34. The molecule has 1 aromatic heterocycles. The fourth-order valence-electron chi connectivity index (χ4n) is 8.33. The molecule has 3 unspecified atom stereocenters. The van der Waals surface area contributed by atoms with E-state index in [-0.39, 0.29) is 45.4 Å². The van der Waals surface area contributed by atoms with Gasteiger partial charge in [-0.2, -0.15) is 0 Å². The van der Waals surface area contributed by atoms with E-state index in [4.69, 9.17) is 15.6 Å². The molecule has 0 radical (unpaired) electrons. The maximum absolute atomic E-state index is 12.7. The number of carbonyl (C=O) groups excluding carboxylic acids is 2. The number of Topliss-reactive ketones (excluding diaryl/α,β-unsaturated/α-hetero) is 1. The van der Waals surface area contributed by atoms with Crippen LogP contribution in [0.4, 0.5) is 10.5 Å². The third-order valence-electron chi connectivity index (χ3n) is 10.2. The minimum absolute atomic E-state index is 0.00175. The van der Waals surface area contributed by atoms with E-state index in [0.29, 0.717) is 23.5 Å². The molecule has 4 aliphatic rings. The van der Waals surface area contributed by atoms with E-state index in [9.17, 15) is 19.5 Å². The quantitative estimate of drug-likeness (QED) is 0.442. The highest BCUT2D eigenvalue weighted by atomic mass is 16.5. The number of methoxy groups -OCH3 is 1. The lowest BCUT2D eigenvalue weighted by Gasteiger charge is -2.69. The van der Waals surface area contributed by atoms with Crippen LogP contribution >= 0.6 is 0 Å². The van der Waals surface area contributed by atoms with E-state index in [1.807, 2.05) is 6.08 Å². The summed E-state index contributed by atoms with van der Waals surface area (Å²) in [4.78, 5) is 37.8. The number of pyridine rings is 1. The van der Waals surface area contributed by atoms with E-state index >= 15 is 0 Å². The number of nitrogens with zero attached hydrogens (tertiary/aromatic N) is 1. The molecule has 9 heteroatoms. The first-order valence-electron chi connectivity index (χ1n) is 13.0. The summed E-state index contributed by atoms with van der Waals surface area (Å²) in [6.07, 6.45) is 7.47. The molecule has 9 nitrogen and oxygen atoms in total. The Bertz CT molecular complexity index is 1120. The Kier molecular flexibility index (Phi) is 6.90. The Morgan fingerprint density at radius 2 is 2.03 bits per heavy atom. The molecule has 0 saturated heterocycles. The average Bonchev–Trinajstić information content (AvgIpc) is 3.09. The number of hydrogen-bond donors (Lipinski definition) is 4. The minimum Gasteiger partial charge on any atom is -0.480 e. The van der Waals surface area contributed by atoms with Gasteiger partial charge in [0.05, 0.1) is 24.5 Å². The summed E-state index contributed by atoms with van der Waals surface area (Å²) >= 11 is 0. The minimum atomic E-state index is -1.44. The van der Waals surface area contributed by atoms with Gasteiger partial charge in [0, 0.05) is 23.4 Å². The van der Waals surface area contributed by atoms with E-state index in [1.54, 1.807) is 5.32 Å². The third-order valence-corrected chi connectivity index (χ3v) is 10.2. The number of aromatic nitrogens is 1. The predicted octanol–water partition coefficient (Wildman–Crippen LogP) is 4.06. The van der Waals surface area contributed by atoms with E-state index in [1.165, 1.54) is 19.4 Å². The normalized spacial score (nSPS) is 39.5. The molecular formula is C28H39N3O6. The second-order valence-corrected chi connectivity index (χ2v) is 11.9. The molecule has 0 aromatic carbocycles. The van der Waals surface area contributed by atoms with Crippen LogP contribution in [0.15, 0.2) is 24.9 Å². The van der Waals surface area contributed by atoms with Crippen LogP contribution in [-0.2, 0) is 4.79 Å². The van der Waals surface area contributed by atoms with Gasteiger partial charge in [-0.05, 0) is 67.3 Å². The SMILES string of the molecule is C=C[C@]1(C)CCC2C(C)CC34C[C@@](CCC3=O)([C@H]24)[C@@H](C)[C@@H]1O.COc1ncc(C(=O)NC(=O)O)cc1N. The number of ether oxygens (including phenoxy) is 1. The number of nitrogen functional groups attached to an aromatic ring is 1. The van der Waals surface area contributed by atoms with Crippen molar-refractivity contribution in [3.63, 3.8) is 0 Å². The molecular weight excluding hydrogens is 474 g/mol. The molecule has 4 aliphatic carbocycles. The van der Waals surface area contributed by atoms with E-state index in [0.717, 1.165) is 38.5 Å². The number of nitrogens with two attached hydrogens (primary N) is 1. The molecule has 1 aromatic rings. The summed E-state index contributed by atoms with van der Waals surface area (Å²) in [5.41, 5.74) is 5.73. The first-order chi connectivity index (χ1) is 17.3. The van der Waals surface area contributed by atoms with Crippen molar-refractivity contribution >= 4 is 23.5 Å². The number of amides is 2. The molecule has 5 N–H and O–H groups in total. The lowest BCUT2D eigenvalue weighted by molar-refractivity contribution is -0.222. The number of anilines is 1. The number of aliphatic hydroxyl groups is 1. The van der Waals surface area contributed by atoms with Gasteiger partial charge < -0.3 is 20.7 Å². The summed E-state index contributed by atoms with van der Waals surface area (Å²) in [6.45, 7) is 10.8. The smallest absolute Gasteiger partial charge is 0.411 e. The van der Waals surface area contributed by atoms with Gasteiger partial charge >= 0.3 is 6.09 Å². The third kappa shape index (κ3) is 4.11. The molecule has 4 saturated carbocycles. The highest BCUT2D eigenvalue weighted by Gasteiger charge is 2.76. The molecule has 4 fully saturated rings. The zero-order chi connectivity index (χ0) is 27.3. The molecule has 2 amide bonds. The number of carboxylic acid groups (broad SMARTS) is 1. The average molecular weight is 514 g/mol. The first kappa shape index (κ1) is 27.1. The van der Waals surface area contributed by atoms with Crippen molar-refractivity contribution in [2.45, 2.75) is 65.4 Å². The summed E-state index contributed by atoms with van der Waals surface area (Å²) in [6, 6.07) is 1.28. The molecule has 1 heterocycles. The van der Waals surface area contributed by atoms with Crippen molar-refractivity contribution in [1.29, 1.82) is 0 Å². The second kappa shape index (κ2) is 9.42. The first-order valence-corrected chi connectivity index (χ1v) is 13.0. The maximum Gasteiger partial charge on any atom is 0.411 e. The van der Waals surface area contributed by atoms with Crippen molar-refractivity contribution in [3.8, 4) is 5.88 Å². The molecule has 8 atom stereocenters. The number of rotatable bonds is 3. The number of hydrogen-bond acceptors (Lipinski definition) is 7. The van der Waals surface area contributed by atoms with Crippen molar-refractivity contribution in [1.82, 2.24) is 10.3 Å². The van der Waals surface area contributed by atoms with E-state index in [2.05, 4.69) is 32.3 Å². The Balaban J connectivity index is 0.000000188. The van der Waals surface area contributed by atoms with Crippen molar-refractivity contribution < 1.29 is 29.3 Å². The van der Waals surface area contributed by atoms with Crippen LogP contribution in [-0.4, -0.2) is 46.2 Å². The van der Waals surface area contributed by atoms with Crippen LogP contribution < -0.4 is 15.8 Å². The number of ketones is 1. The predicted molar refractivity (Wildman–Crippen MR) is 138 cm³/mol. The van der Waals surface area contributed by atoms with Crippen LogP contribution in [0.1, 0.15) is 69.7 Å². The van der Waals surface area contributed by atoms with Crippen LogP contribution in [0.5, 0.6) is 5.88 Å². The summed E-state index contributed by atoms with van der Waals surface area (Å²) in [7, 11) is 1.38. The Hall–Kier alpha value is -2.94. The van der Waals surface area contributed by atoms with Crippen LogP contribution in [0.25, 0.3) is 0 Å². The molecule has 202 valence electrons. The number of imide groups is 1. The van der Waals surface area contributed by atoms with Gasteiger partial charge in [0.15, 0.2) is 0 Å². The topological polar surface area (TPSA) is 152 Å². The highest BCUT2D eigenvalue weighted by molar-refractivity contribution is 6.02. The van der Waals surface area contributed by atoms with Crippen LogP contribution in [0.2, 0.25) is 0 Å². The van der Waals surface area contributed by atoms with Gasteiger partial charge in [-0.1, -0.05) is 26.8 Å². The molecule has 2 bridgehead atoms. The zero-order valence-electron chi connectivity index (χ0n) is 22.1. The van der Waals surface area contributed by atoms with Crippen molar-refractivity contribution in [3.05, 3.63) is 30.5 Å². The zero-order valence-corrected chi connectivity index (χ0v) is 22.1. The Morgan fingerprint density at radius 3 is 2.62 bits per heavy atom. The van der Waals surface area contributed by atoms with Gasteiger partial charge in [0.1, 0.15) is 5.78 Å². The summed E-state index contributed by atoms with van der Waals surface area (Å²) < 4.78 is 4.78. The van der Waals surface area contributed by atoms with Gasteiger partial charge in [-0.15, -0.1) is 6.58 Å². The van der Waals surface area contributed by atoms with E-state index < -0.39 is 12.0 Å². The summed E-state index contributed by atoms with van der Waals surface area (Å²) in [5, 5.41) is 21.1. The fourth-order valence-corrected chi connectivity index (χ4v) is 8.33. The molecule has 5 rings (SSSR count). The van der Waals surface area contributed by atoms with Crippen molar-refractivity contribution in [2.24, 2.45) is 39.9 Å². The molecule has 37 heavy (non-hydrogen) atoms. The van der Waals surface area contributed by atoms with Gasteiger partial charge in [-0.3, -0.25) is 14.9 Å². The number of nitrogens with one attached hydrogen (secondary N) is 1. The van der Waals surface area contributed by atoms with Gasteiger partial charge in [-0.25, -0.2) is 9.78 Å². The van der Waals surface area contributed by atoms with Gasteiger partial charge in [0.25, 0.3) is 5.91 Å².